The summed E-state index contributed by atoms with van der Waals surface area (Å²) in [7, 11) is 0.854. The molecule has 0 aromatic heterocycles. The van der Waals surface area contributed by atoms with Crippen LogP contribution in [0.1, 0.15) is 5.56 Å². The number of alkyl halides is 3. The first kappa shape index (κ1) is 18.2. The van der Waals surface area contributed by atoms with E-state index in [1.165, 1.54) is 17.0 Å². The smallest absolute Gasteiger partial charge is 0.446 e. The molecule has 2 aliphatic heterocycles. The number of ether oxygens (including phenoxy) is 3. The minimum absolute atomic E-state index is 0.274. The Labute approximate surface area is 147 Å². The highest BCUT2D eigenvalue weighted by atomic mass is 19.4. The number of aliphatic imine (C=N–C) groups is 2. The number of rotatable bonds is 2. The second kappa shape index (κ2) is 6.94. The topological polar surface area (TPSA) is 72.7 Å². The van der Waals surface area contributed by atoms with Crippen LogP contribution in [0.4, 0.5) is 13.2 Å². The third-order valence-electron chi connectivity index (χ3n) is 3.88. The predicted octanol–water partition coefficient (Wildman–Crippen LogP) is 1.58. The van der Waals surface area contributed by atoms with E-state index in [9.17, 15) is 18.0 Å². The molecule has 0 radical (unpaired) electrons. The van der Waals surface area contributed by atoms with Crippen molar-refractivity contribution in [3.05, 3.63) is 35.9 Å². The van der Waals surface area contributed by atoms with Crippen LogP contribution in [0.3, 0.4) is 0 Å². The van der Waals surface area contributed by atoms with Crippen LogP contribution in [0.15, 0.2) is 40.3 Å². The van der Waals surface area contributed by atoms with Crippen LogP contribution in [0, 0.1) is 0 Å². The standard InChI is InChI=1S/C16H16F3N3O4/c1-24-13(23)15(16(17,18)19)20-12(11-5-3-2-4-6-11)26-14(21-15)22-7-9-25-10-8-22/h2-6H,7-10H2,1H3/t15-/m1/s1. The Bertz CT molecular complexity index is 730. The van der Waals surface area contributed by atoms with Crippen LogP contribution in [0.25, 0.3) is 0 Å². The number of amidine groups is 1. The zero-order valence-corrected chi connectivity index (χ0v) is 13.8. The molecule has 2 heterocycles. The molecule has 1 aromatic rings. The summed E-state index contributed by atoms with van der Waals surface area (Å²) in [5.74, 6) is -1.99. The SMILES string of the molecule is COC(=O)[C@@]1(C(F)(F)F)N=C(c2ccccc2)OC(N2CCOCC2)=N1. The van der Waals surface area contributed by atoms with Gasteiger partial charge in [-0.05, 0) is 12.1 Å². The molecule has 26 heavy (non-hydrogen) atoms. The van der Waals surface area contributed by atoms with Crippen LogP contribution in [0.5, 0.6) is 0 Å². The molecule has 140 valence electrons. The normalized spacial score (nSPS) is 23.6. The number of morpholine rings is 1. The molecule has 0 N–H and O–H groups in total. The number of carbonyl (C=O) groups is 1. The van der Waals surface area contributed by atoms with Crippen molar-refractivity contribution in [3.8, 4) is 0 Å². The van der Waals surface area contributed by atoms with Gasteiger partial charge < -0.3 is 19.1 Å². The Morgan fingerprint density at radius 1 is 1.19 bits per heavy atom. The molecular formula is C16H16F3N3O4. The molecule has 0 amide bonds. The lowest BCUT2D eigenvalue weighted by Crippen LogP contribution is -2.55. The third kappa shape index (κ3) is 3.24. The molecule has 2 aliphatic rings. The number of hydrogen-bond acceptors (Lipinski definition) is 7. The van der Waals surface area contributed by atoms with Crippen molar-refractivity contribution in [3.63, 3.8) is 0 Å². The summed E-state index contributed by atoms with van der Waals surface area (Å²) in [6, 6.07) is 7.65. The summed E-state index contributed by atoms with van der Waals surface area (Å²) in [4.78, 5) is 20.6. The molecule has 3 rings (SSSR count). The second-order valence-electron chi connectivity index (χ2n) is 5.54. The van der Waals surface area contributed by atoms with Gasteiger partial charge in [0.15, 0.2) is 0 Å². The summed E-state index contributed by atoms with van der Waals surface area (Å²) in [5.41, 5.74) is -3.13. The Balaban J connectivity index is 2.12. The summed E-state index contributed by atoms with van der Waals surface area (Å²) < 4.78 is 56.6. The monoisotopic (exact) mass is 371 g/mol. The van der Waals surface area contributed by atoms with Gasteiger partial charge >= 0.3 is 17.8 Å². The number of methoxy groups -OCH3 is 1. The maximum atomic E-state index is 13.8. The van der Waals surface area contributed by atoms with Crippen molar-refractivity contribution in [2.24, 2.45) is 9.98 Å². The summed E-state index contributed by atoms with van der Waals surface area (Å²) in [5, 5.41) is 0. The van der Waals surface area contributed by atoms with E-state index in [1.54, 1.807) is 18.2 Å². The highest BCUT2D eigenvalue weighted by molar-refractivity contribution is 6.05. The molecule has 1 atom stereocenters. The Kier molecular flexibility index (Phi) is 4.86. The molecule has 7 nitrogen and oxygen atoms in total. The van der Waals surface area contributed by atoms with Crippen LogP contribution in [-0.2, 0) is 19.0 Å². The molecule has 0 spiro atoms. The van der Waals surface area contributed by atoms with Gasteiger partial charge in [0, 0.05) is 18.7 Å². The average molecular weight is 371 g/mol. The van der Waals surface area contributed by atoms with Crippen LogP contribution in [-0.4, -0.2) is 68.0 Å². The van der Waals surface area contributed by atoms with Crippen LogP contribution in [0.2, 0.25) is 0 Å². The fourth-order valence-electron chi connectivity index (χ4n) is 2.51. The average Bonchev–Trinajstić information content (AvgIpc) is 2.67. The van der Waals surface area contributed by atoms with Crippen LogP contribution >= 0.6 is 0 Å². The molecule has 1 aromatic carbocycles. The third-order valence-corrected chi connectivity index (χ3v) is 3.88. The van der Waals surface area contributed by atoms with Crippen molar-refractivity contribution >= 4 is 17.9 Å². The van der Waals surface area contributed by atoms with Gasteiger partial charge in [0.2, 0.25) is 5.90 Å². The largest absolute Gasteiger partial charge is 0.465 e. The van der Waals surface area contributed by atoms with Gasteiger partial charge in [-0.1, -0.05) is 18.2 Å². The maximum Gasteiger partial charge on any atom is 0.446 e. The quantitative estimate of drug-likeness (QED) is 0.738. The van der Waals surface area contributed by atoms with Crippen molar-refractivity contribution < 1.29 is 32.2 Å². The van der Waals surface area contributed by atoms with Gasteiger partial charge in [0.05, 0.1) is 20.3 Å². The maximum absolute atomic E-state index is 13.8. The van der Waals surface area contributed by atoms with Crippen molar-refractivity contribution in [2.75, 3.05) is 33.4 Å². The number of nitrogens with zero attached hydrogens (tertiary/aromatic N) is 3. The molecule has 1 fully saturated rings. The number of benzene rings is 1. The first-order chi connectivity index (χ1) is 12.4. The minimum atomic E-state index is -5.11. The molecule has 0 aliphatic carbocycles. The van der Waals surface area contributed by atoms with Gasteiger partial charge in [-0.25, -0.2) is 4.79 Å². The van der Waals surface area contributed by atoms with E-state index < -0.39 is 17.8 Å². The van der Waals surface area contributed by atoms with E-state index in [4.69, 9.17) is 9.47 Å². The Morgan fingerprint density at radius 3 is 2.42 bits per heavy atom. The van der Waals surface area contributed by atoms with Gasteiger partial charge in [0.1, 0.15) is 0 Å². The van der Waals surface area contributed by atoms with E-state index in [-0.39, 0.29) is 30.6 Å². The molecule has 1 saturated heterocycles. The predicted molar refractivity (Wildman–Crippen MR) is 84.7 cm³/mol. The number of halogens is 3. The van der Waals surface area contributed by atoms with E-state index in [2.05, 4.69) is 14.7 Å². The van der Waals surface area contributed by atoms with Crippen LogP contribution < -0.4 is 0 Å². The molecule has 0 bridgehead atoms. The number of hydrogen-bond donors (Lipinski definition) is 0. The zero-order valence-electron chi connectivity index (χ0n) is 13.8. The minimum Gasteiger partial charge on any atom is -0.465 e. The van der Waals surface area contributed by atoms with Crippen molar-refractivity contribution in [2.45, 2.75) is 11.8 Å². The fraction of sp³-hybridized carbons (Fsp3) is 0.438. The lowest BCUT2D eigenvalue weighted by Gasteiger charge is -2.35. The summed E-state index contributed by atoms with van der Waals surface area (Å²) in [6.45, 7) is 1.15. The zero-order chi connectivity index (χ0) is 18.8. The number of carbonyl (C=O) groups excluding carboxylic acids is 1. The number of esters is 1. The van der Waals surface area contributed by atoms with E-state index in [0.29, 0.717) is 13.2 Å². The first-order valence-corrected chi connectivity index (χ1v) is 7.78. The van der Waals surface area contributed by atoms with E-state index in [1.807, 2.05) is 0 Å². The van der Waals surface area contributed by atoms with E-state index >= 15 is 0 Å². The van der Waals surface area contributed by atoms with Gasteiger partial charge in [-0.2, -0.15) is 23.2 Å². The second-order valence-corrected chi connectivity index (χ2v) is 5.54. The fourth-order valence-corrected chi connectivity index (χ4v) is 2.51. The Morgan fingerprint density at radius 2 is 1.85 bits per heavy atom. The van der Waals surface area contributed by atoms with E-state index in [0.717, 1.165) is 7.11 Å². The molecule has 0 saturated carbocycles. The highest BCUT2D eigenvalue weighted by Crippen LogP contribution is 2.39. The van der Waals surface area contributed by atoms with Crippen molar-refractivity contribution in [1.29, 1.82) is 0 Å². The molecular weight excluding hydrogens is 355 g/mol. The lowest BCUT2D eigenvalue weighted by atomic mass is 10.1. The molecule has 10 heteroatoms. The van der Waals surface area contributed by atoms with Crippen molar-refractivity contribution in [1.82, 2.24) is 4.90 Å². The summed E-state index contributed by atoms with van der Waals surface area (Å²) >= 11 is 0. The lowest BCUT2D eigenvalue weighted by molar-refractivity contribution is -0.202. The first-order valence-electron chi connectivity index (χ1n) is 7.78. The van der Waals surface area contributed by atoms with Gasteiger partial charge in [-0.3, -0.25) is 0 Å². The highest BCUT2D eigenvalue weighted by Gasteiger charge is 2.65. The molecule has 0 unspecified atom stereocenters. The van der Waals surface area contributed by atoms with Gasteiger partial charge in [0.25, 0.3) is 6.02 Å². The summed E-state index contributed by atoms with van der Waals surface area (Å²) in [6.07, 6.45) is -5.11. The van der Waals surface area contributed by atoms with Gasteiger partial charge in [-0.15, -0.1) is 0 Å². The Hall–Kier alpha value is -2.62.